The smallest absolute Gasteiger partial charge is 0.215 e. The SMILES string of the molecule is CC.CC.Cc1ccc2c(c1)c1ccccc1n2C.Cc1ccc2c(c1)n1c3ccccc3nc1n2C.Cc1cccc(C)c1.c1ccc2c(c1)Cc1ccccc1-2. The predicted molar refractivity (Wildman–Crippen MR) is 252 cm³/mol. The summed E-state index contributed by atoms with van der Waals surface area (Å²) < 4.78 is 6.64. The van der Waals surface area contributed by atoms with E-state index in [0.717, 1.165) is 17.7 Å². The molecule has 3 aromatic heterocycles. The molecule has 1 aliphatic rings. The Labute approximate surface area is 345 Å². The van der Waals surface area contributed by atoms with Crippen LogP contribution in [0, 0.1) is 27.7 Å². The summed E-state index contributed by atoms with van der Waals surface area (Å²) in [6, 6.07) is 55.7. The highest BCUT2D eigenvalue weighted by Crippen LogP contribution is 2.35. The number of fused-ring (bicyclic) bond motifs is 11. The van der Waals surface area contributed by atoms with E-state index in [0.29, 0.717) is 0 Å². The molecule has 1 aliphatic carbocycles. The number of benzene rings is 7. The van der Waals surface area contributed by atoms with Crippen molar-refractivity contribution in [3.05, 3.63) is 191 Å². The fourth-order valence-electron chi connectivity index (χ4n) is 7.85. The molecule has 4 nitrogen and oxygen atoms in total. The first-order chi connectivity index (χ1) is 28.3. The van der Waals surface area contributed by atoms with Crippen LogP contribution >= 0.6 is 0 Å². The van der Waals surface area contributed by atoms with Crippen LogP contribution in [0.1, 0.15) is 61.1 Å². The first-order valence-electron chi connectivity index (χ1n) is 20.7. The zero-order valence-corrected chi connectivity index (χ0v) is 36.0. The largest absolute Gasteiger partial charge is 0.344 e. The third-order valence-corrected chi connectivity index (χ3v) is 10.5. The molecule has 0 unspecified atom stereocenters. The lowest BCUT2D eigenvalue weighted by molar-refractivity contribution is 0.973. The van der Waals surface area contributed by atoms with E-state index in [4.69, 9.17) is 4.98 Å². The predicted octanol–water partition coefficient (Wildman–Crippen LogP) is 14.5. The van der Waals surface area contributed by atoms with Gasteiger partial charge in [-0.3, -0.25) is 4.40 Å². The normalized spacial score (nSPS) is 10.9. The number of nitrogens with zero attached hydrogens (tertiary/aromatic N) is 4. The van der Waals surface area contributed by atoms with E-state index in [-0.39, 0.29) is 0 Å². The van der Waals surface area contributed by atoms with Gasteiger partial charge in [0, 0.05) is 35.9 Å². The van der Waals surface area contributed by atoms with Crippen molar-refractivity contribution in [2.24, 2.45) is 14.1 Å². The zero-order valence-electron chi connectivity index (χ0n) is 36.0. The monoisotopic (exact) mass is 762 g/mol. The van der Waals surface area contributed by atoms with Crippen molar-refractivity contribution in [3.8, 4) is 11.1 Å². The van der Waals surface area contributed by atoms with E-state index >= 15 is 0 Å². The molecular formula is C54H58N4. The standard InChI is InChI=1S/C15H13N3.C14H13N.C13H10.C8H10.2C2H6/c1-10-7-8-13-14(9-10)18-12-6-4-3-5-11(12)16-15(18)17(13)2;1-10-7-8-14-12(9-10)11-5-3-4-6-13(11)15(14)2;1-3-7-12-10(5-1)9-11-6-2-4-8-13(11)12;1-7-4-3-5-8(2)6-7;2*1-2/h3-9H,1-2H3;3-9H,1-2H3;1-8H,9H2;3-6H,1-2H3;2*1-2H3. The molecule has 58 heavy (non-hydrogen) atoms. The third-order valence-electron chi connectivity index (χ3n) is 10.5. The molecule has 0 amide bonds. The Bertz CT molecular complexity index is 2870. The molecule has 0 saturated carbocycles. The van der Waals surface area contributed by atoms with Gasteiger partial charge >= 0.3 is 0 Å². The second-order valence-electron chi connectivity index (χ2n) is 14.5. The number of aromatic nitrogens is 4. The number of imidazole rings is 2. The molecule has 0 bridgehead atoms. The van der Waals surface area contributed by atoms with Crippen LogP contribution in [0.2, 0.25) is 0 Å². The van der Waals surface area contributed by atoms with Gasteiger partial charge in [-0.25, -0.2) is 4.98 Å². The highest BCUT2D eigenvalue weighted by Gasteiger charge is 2.16. The minimum absolute atomic E-state index is 0.997. The second kappa shape index (κ2) is 18.7. The number of aryl methyl sites for hydroxylation is 6. The summed E-state index contributed by atoms with van der Waals surface area (Å²) in [5.41, 5.74) is 18.3. The fourth-order valence-corrected chi connectivity index (χ4v) is 7.85. The maximum atomic E-state index is 4.71. The topological polar surface area (TPSA) is 27.2 Å². The zero-order chi connectivity index (χ0) is 41.3. The van der Waals surface area contributed by atoms with Crippen LogP contribution in [0.25, 0.3) is 60.8 Å². The van der Waals surface area contributed by atoms with Crippen molar-refractivity contribution in [2.75, 3.05) is 0 Å². The van der Waals surface area contributed by atoms with Gasteiger partial charge < -0.3 is 9.13 Å². The van der Waals surface area contributed by atoms with E-state index in [9.17, 15) is 0 Å². The molecule has 0 saturated heterocycles. The first kappa shape index (κ1) is 41.2. The quantitative estimate of drug-likeness (QED) is 0.151. The Morgan fingerprint density at radius 1 is 0.397 bits per heavy atom. The molecule has 7 aromatic carbocycles. The van der Waals surface area contributed by atoms with Crippen molar-refractivity contribution in [2.45, 2.75) is 61.8 Å². The minimum Gasteiger partial charge on any atom is -0.344 e. The maximum absolute atomic E-state index is 4.71. The molecule has 0 fully saturated rings. The van der Waals surface area contributed by atoms with Crippen molar-refractivity contribution >= 4 is 49.7 Å². The minimum atomic E-state index is 0.997. The lowest BCUT2D eigenvalue weighted by Gasteiger charge is -1.98. The van der Waals surface area contributed by atoms with Crippen LogP contribution in [0.3, 0.4) is 0 Å². The molecule has 294 valence electrons. The maximum Gasteiger partial charge on any atom is 0.215 e. The molecule has 0 N–H and O–H groups in total. The van der Waals surface area contributed by atoms with Crippen LogP contribution < -0.4 is 0 Å². The highest BCUT2D eigenvalue weighted by atomic mass is 15.2. The average molecular weight is 763 g/mol. The van der Waals surface area contributed by atoms with Crippen LogP contribution in [0.4, 0.5) is 0 Å². The number of hydrogen-bond donors (Lipinski definition) is 0. The summed E-state index contributed by atoms with van der Waals surface area (Å²) in [5.74, 6) is 0.997. The summed E-state index contributed by atoms with van der Waals surface area (Å²) in [4.78, 5) is 4.71. The molecule has 0 aliphatic heterocycles. The van der Waals surface area contributed by atoms with Crippen molar-refractivity contribution in [1.29, 1.82) is 0 Å². The Balaban J connectivity index is 0.000000130. The van der Waals surface area contributed by atoms with E-state index in [2.05, 4.69) is 207 Å². The van der Waals surface area contributed by atoms with Gasteiger partial charge in [-0.1, -0.05) is 160 Å². The lowest BCUT2D eigenvalue weighted by atomic mass is 10.1. The molecule has 4 heteroatoms. The summed E-state index contributed by atoms with van der Waals surface area (Å²) in [6.07, 6.45) is 1.10. The van der Waals surface area contributed by atoms with Crippen LogP contribution in [-0.4, -0.2) is 18.5 Å². The van der Waals surface area contributed by atoms with Crippen molar-refractivity contribution in [1.82, 2.24) is 18.5 Å². The van der Waals surface area contributed by atoms with E-state index < -0.39 is 0 Å². The number of hydrogen-bond acceptors (Lipinski definition) is 1. The van der Waals surface area contributed by atoms with Gasteiger partial charge in [0.1, 0.15) is 0 Å². The molecule has 0 atom stereocenters. The average Bonchev–Trinajstić information content (AvgIpc) is 3.98. The molecule has 0 radical (unpaired) electrons. The van der Waals surface area contributed by atoms with E-state index in [1.165, 1.54) is 82.9 Å². The van der Waals surface area contributed by atoms with Crippen molar-refractivity contribution < 1.29 is 0 Å². The summed E-state index contributed by atoms with van der Waals surface area (Å²) in [6.45, 7) is 16.5. The highest BCUT2D eigenvalue weighted by molar-refractivity contribution is 6.08. The molecule has 11 rings (SSSR count). The molecule has 3 heterocycles. The van der Waals surface area contributed by atoms with Gasteiger partial charge in [0.2, 0.25) is 5.78 Å². The second-order valence-corrected chi connectivity index (χ2v) is 14.5. The fraction of sp³-hybridized carbons (Fsp3) is 0.204. The molecule has 0 spiro atoms. The van der Waals surface area contributed by atoms with Crippen molar-refractivity contribution in [3.63, 3.8) is 0 Å². The van der Waals surface area contributed by atoms with Gasteiger partial charge in [0.15, 0.2) is 0 Å². The summed E-state index contributed by atoms with van der Waals surface area (Å²) >= 11 is 0. The van der Waals surface area contributed by atoms with E-state index in [1.807, 2.05) is 33.8 Å². The lowest BCUT2D eigenvalue weighted by Crippen LogP contribution is -1.87. The van der Waals surface area contributed by atoms with Gasteiger partial charge in [-0.15, -0.1) is 0 Å². The third kappa shape index (κ3) is 8.47. The van der Waals surface area contributed by atoms with E-state index in [1.54, 1.807) is 0 Å². The van der Waals surface area contributed by atoms with Crippen LogP contribution in [0.5, 0.6) is 0 Å². The van der Waals surface area contributed by atoms with Gasteiger partial charge in [-0.2, -0.15) is 0 Å². The Kier molecular flexibility index (Phi) is 13.3. The number of para-hydroxylation sites is 3. The first-order valence-corrected chi connectivity index (χ1v) is 20.7. The summed E-state index contributed by atoms with van der Waals surface area (Å²) in [5, 5.41) is 2.70. The Morgan fingerprint density at radius 2 is 0.897 bits per heavy atom. The van der Waals surface area contributed by atoms with Crippen LogP contribution in [-0.2, 0) is 20.5 Å². The Hall–Kier alpha value is -6.39. The Morgan fingerprint density at radius 3 is 1.52 bits per heavy atom. The number of rotatable bonds is 0. The van der Waals surface area contributed by atoms with Crippen LogP contribution in [0.15, 0.2) is 158 Å². The van der Waals surface area contributed by atoms with Gasteiger partial charge in [0.05, 0.1) is 22.1 Å². The molecular weight excluding hydrogens is 705 g/mol. The van der Waals surface area contributed by atoms with Gasteiger partial charge in [0.25, 0.3) is 0 Å². The van der Waals surface area contributed by atoms with Gasteiger partial charge in [-0.05, 0) is 104 Å². The summed E-state index contributed by atoms with van der Waals surface area (Å²) in [7, 11) is 4.19. The molecule has 10 aromatic rings.